The Bertz CT molecular complexity index is 512. The van der Waals surface area contributed by atoms with Crippen molar-refractivity contribution in [1.29, 1.82) is 0 Å². The zero-order valence-electron chi connectivity index (χ0n) is 12.3. The van der Waals surface area contributed by atoms with Crippen LogP contribution in [-0.4, -0.2) is 39.4 Å². The van der Waals surface area contributed by atoms with Crippen molar-refractivity contribution in [2.75, 3.05) is 20.6 Å². The van der Waals surface area contributed by atoms with E-state index in [1.165, 1.54) is 4.31 Å². The molecule has 0 fully saturated rings. The summed E-state index contributed by atoms with van der Waals surface area (Å²) in [6.45, 7) is 7.05. The van der Waals surface area contributed by atoms with Crippen molar-refractivity contribution in [2.45, 2.75) is 37.6 Å². The maximum absolute atomic E-state index is 12.3. The van der Waals surface area contributed by atoms with E-state index in [4.69, 9.17) is 0 Å². The van der Waals surface area contributed by atoms with Gasteiger partial charge in [-0.1, -0.05) is 32.0 Å². The van der Waals surface area contributed by atoms with Crippen molar-refractivity contribution >= 4 is 10.0 Å². The van der Waals surface area contributed by atoms with Gasteiger partial charge in [-0.2, -0.15) is 0 Å². The molecule has 0 heterocycles. The van der Waals surface area contributed by atoms with E-state index in [-0.39, 0.29) is 12.0 Å². The van der Waals surface area contributed by atoms with E-state index in [2.05, 4.69) is 19.2 Å². The van der Waals surface area contributed by atoms with Crippen molar-refractivity contribution in [3.63, 3.8) is 0 Å². The van der Waals surface area contributed by atoms with Crippen LogP contribution in [0.5, 0.6) is 0 Å². The van der Waals surface area contributed by atoms with E-state index in [1.807, 2.05) is 19.1 Å². The van der Waals surface area contributed by atoms with Gasteiger partial charge in [0.05, 0.1) is 4.90 Å². The van der Waals surface area contributed by atoms with Gasteiger partial charge in [0.25, 0.3) is 0 Å². The molecule has 0 radical (unpaired) electrons. The first-order valence-electron chi connectivity index (χ1n) is 6.57. The Morgan fingerprint density at radius 2 is 1.79 bits per heavy atom. The van der Waals surface area contributed by atoms with Crippen molar-refractivity contribution in [2.24, 2.45) is 0 Å². The predicted octanol–water partition coefficient (Wildman–Crippen LogP) is 2.04. The number of benzene rings is 1. The molecular formula is C14H24N2O2S. The van der Waals surface area contributed by atoms with Crippen molar-refractivity contribution < 1.29 is 8.42 Å². The second kappa shape index (κ2) is 6.50. The third-order valence-electron chi connectivity index (χ3n) is 3.44. The lowest BCUT2D eigenvalue weighted by atomic mass is 9.94. The SMILES string of the molecule is CCNC(C)C(C)c1ccccc1S(=O)(=O)N(C)C. The first-order chi connectivity index (χ1) is 8.82. The number of hydrogen-bond acceptors (Lipinski definition) is 3. The van der Waals surface area contributed by atoms with Crippen LogP contribution >= 0.6 is 0 Å². The van der Waals surface area contributed by atoms with Gasteiger partial charge in [-0.25, -0.2) is 12.7 Å². The number of likely N-dealkylation sites (N-methyl/N-ethyl adjacent to an activating group) is 1. The summed E-state index contributed by atoms with van der Waals surface area (Å²) >= 11 is 0. The number of rotatable bonds is 6. The molecule has 2 unspecified atom stereocenters. The van der Waals surface area contributed by atoms with E-state index >= 15 is 0 Å². The van der Waals surface area contributed by atoms with Gasteiger partial charge in [0.15, 0.2) is 0 Å². The van der Waals surface area contributed by atoms with Gasteiger partial charge in [0, 0.05) is 20.1 Å². The topological polar surface area (TPSA) is 49.4 Å². The lowest BCUT2D eigenvalue weighted by Crippen LogP contribution is -2.32. The van der Waals surface area contributed by atoms with E-state index in [1.54, 1.807) is 26.2 Å². The fourth-order valence-corrected chi connectivity index (χ4v) is 3.25. The standard InChI is InChI=1S/C14H24N2O2S/c1-6-15-12(3)11(2)13-9-7-8-10-14(13)19(17,18)16(4)5/h7-12,15H,6H2,1-5H3. The Kier molecular flexibility index (Phi) is 5.52. The molecule has 1 N–H and O–H groups in total. The van der Waals surface area contributed by atoms with E-state index in [0.29, 0.717) is 4.90 Å². The Balaban J connectivity index is 3.24. The molecule has 19 heavy (non-hydrogen) atoms. The summed E-state index contributed by atoms with van der Waals surface area (Å²) in [7, 11) is -0.275. The molecule has 0 aliphatic rings. The van der Waals surface area contributed by atoms with Crippen LogP contribution in [-0.2, 0) is 10.0 Å². The molecule has 0 saturated heterocycles. The summed E-state index contributed by atoms with van der Waals surface area (Å²) in [6.07, 6.45) is 0. The highest BCUT2D eigenvalue weighted by Gasteiger charge is 2.25. The Morgan fingerprint density at radius 1 is 1.21 bits per heavy atom. The third-order valence-corrected chi connectivity index (χ3v) is 5.33. The zero-order chi connectivity index (χ0) is 14.6. The molecule has 1 aromatic carbocycles. The summed E-state index contributed by atoms with van der Waals surface area (Å²) in [6, 6.07) is 7.46. The van der Waals surface area contributed by atoms with Crippen LogP contribution in [0, 0.1) is 0 Å². The molecule has 1 aromatic rings. The molecule has 0 aliphatic heterocycles. The minimum atomic E-state index is -3.40. The van der Waals surface area contributed by atoms with E-state index < -0.39 is 10.0 Å². The summed E-state index contributed by atoms with van der Waals surface area (Å²) < 4.78 is 25.9. The highest BCUT2D eigenvalue weighted by atomic mass is 32.2. The average molecular weight is 284 g/mol. The molecule has 1 rings (SSSR count). The van der Waals surface area contributed by atoms with Crippen LogP contribution in [0.15, 0.2) is 29.2 Å². The minimum Gasteiger partial charge on any atom is -0.314 e. The molecule has 0 amide bonds. The Labute approximate surface area is 116 Å². The number of nitrogens with zero attached hydrogens (tertiary/aromatic N) is 1. The number of sulfonamides is 1. The quantitative estimate of drug-likeness (QED) is 0.869. The fourth-order valence-electron chi connectivity index (χ4n) is 2.06. The van der Waals surface area contributed by atoms with Crippen molar-refractivity contribution in [1.82, 2.24) is 9.62 Å². The maximum atomic E-state index is 12.3. The molecule has 0 spiro atoms. The van der Waals surface area contributed by atoms with Crippen LogP contribution in [0.4, 0.5) is 0 Å². The van der Waals surface area contributed by atoms with Gasteiger partial charge < -0.3 is 5.32 Å². The Hall–Kier alpha value is -0.910. The van der Waals surface area contributed by atoms with Crippen LogP contribution in [0.25, 0.3) is 0 Å². The lowest BCUT2D eigenvalue weighted by Gasteiger charge is -2.24. The largest absolute Gasteiger partial charge is 0.314 e. The second-order valence-electron chi connectivity index (χ2n) is 4.96. The number of nitrogens with one attached hydrogen (secondary N) is 1. The fraction of sp³-hybridized carbons (Fsp3) is 0.571. The van der Waals surface area contributed by atoms with Gasteiger partial charge in [0.2, 0.25) is 10.0 Å². The second-order valence-corrected chi connectivity index (χ2v) is 7.08. The highest BCUT2D eigenvalue weighted by Crippen LogP contribution is 2.27. The van der Waals surface area contributed by atoms with Crippen LogP contribution in [0.3, 0.4) is 0 Å². The summed E-state index contributed by atoms with van der Waals surface area (Å²) in [5.74, 6) is 0.130. The first-order valence-corrected chi connectivity index (χ1v) is 8.01. The zero-order valence-corrected chi connectivity index (χ0v) is 13.2. The van der Waals surface area contributed by atoms with E-state index in [0.717, 1.165) is 12.1 Å². The van der Waals surface area contributed by atoms with Gasteiger partial charge in [0.1, 0.15) is 0 Å². The molecule has 0 bridgehead atoms. The predicted molar refractivity (Wildman–Crippen MR) is 78.9 cm³/mol. The van der Waals surface area contributed by atoms with Gasteiger partial charge >= 0.3 is 0 Å². The molecule has 0 aliphatic carbocycles. The van der Waals surface area contributed by atoms with Gasteiger partial charge in [-0.05, 0) is 31.0 Å². The van der Waals surface area contributed by atoms with Crippen molar-refractivity contribution in [3.8, 4) is 0 Å². The molecular weight excluding hydrogens is 260 g/mol. The van der Waals surface area contributed by atoms with Crippen LogP contribution in [0.1, 0.15) is 32.3 Å². The monoisotopic (exact) mass is 284 g/mol. The van der Waals surface area contributed by atoms with E-state index in [9.17, 15) is 8.42 Å². The highest BCUT2D eigenvalue weighted by molar-refractivity contribution is 7.89. The average Bonchev–Trinajstić information content (AvgIpc) is 2.38. The van der Waals surface area contributed by atoms with Gasteiger partial charge in [-0.3, -0.25) is 0 Å². The smallest absolute Gasteiger partial charge is 0.242 e. The summed E-state index contributed by atoms with van der Waals surface area (Å²) in [4.78, 5) is 0.400. The normalized spacial score (nSPS) is 15.5. The van der Waals surface area contributed by atoms with Crippen molar-refractivity contribution in [3.05, 3.63) is 29.8 Å². The molecule has 108 valence electrons. The molecule has 5 heteroatoms. The third kappa shape index (κ3) is 3.55. The number of hydrogen-bond donors (Lipinski definition) is 1. The molecule has 0 aromatic heterocycles. The lowest BCUT2D eigenvalue weighted by molar-refractivity contribution is 0.484. The minimum absolute atomic E-state index is 0.130. The molecule has 2 atom stereocenters. The Morgan fingerprint density at radius 3 is 2.32 bits per heavy atom. The van der Waals surface area contributed by atoms with Crippen LogP contribution < -0.4 is 5.32 Å². The molecule has 4 nitrogen and oxygen atoms in total. The maximum Gasteiger partial charge on any atom is 0.242 e. The summed E-state index contributed by atoms with van der Waals surface area (Å²) in [5.41, 5.74) is 0.865. The first kappa shape index (κ1) is 16.1. The molecule has 0 saturated carbocycles. The van der Waals surface area contributed by atoms with Crippen LogP contribution in [0.2, 0.25) is 0 Å². The summed E-state index contributed by atoms with van der Waals surface area (Å²) in [5, 5.41) is 3.34. The van der Waals surface area contributed by atoms with Gasteiger partial charge in [-0.15, -0.1) is 0 Å².